The normalized spacial score (nSPS) is 29.2. The number of hydrogen-bond acceptors (Lipinski definition) is 2. The van der Waals surface area contributed by atoms with Gasteiger partial charge >= 0.3 is 0 Å². The number of aryl methyl sites for hydroxylation is 1. The lowest BCUT2D eigenvalue weighted by Crippen LogP contribution is -2.43. The molecule has 29 heavy (non-hydrogen) atoms. The van der Waals surface area contributed by atoms with E-state index in [1.54, 1.807) is 5.69 Å². The van der Waals surface area contributed by atoms with Crippen molar-refractivity contribution in [1.82, 2.24) is 0 Å². The van der Waals surface area contributed by atoms with E-state index in [9.17, 15) is 4.79 Å². The van der Waals surface area contributed by atoms with E-state index in [1.165, 1.54) is 62.7 Å². The van der Waals surface area contributed by atoms with E-state index in [0.717, 1.165) is 28.7 Å². The van der Waals surface area contributed by atoms with Crippen LogP contribution in [-0.2, 0) is 0 Å². The van der Waals surface area contributed by atoms with Crippen LogP contribution < -0.4 is 10.2 Å². The van der Waals surface area contributed by atoms with Crippen molar-refractivity contribution in [3.05, 3.63) is 58.7 Å². The molecule has 150 valence electrons. The molecule has 3 heteroatoms. The zero-order valence-electron chi connectivity index (χ0n) is 17.3. The molecule has 2 aromatic carbocycles. The van der Waals surface area contributed by atoms with Crippen LogP contribution in [0.4, 0.5) is 11.4 Å². The highest BCUT2D eigenvalue weighted by atomic mass is 16.1. The Labute approximate surface area is 173 Å². The average Bonchev–Trinajstić information content (AvgIpc) is 3.37. The number of amides is 1. The van der Waals surface area contributed by atoms with Crippen molar-refractivity contribution < 1.29 is 4.79 Å². The molecule has 2 aliphatic heterocycles. The van der Waals surface area contributed by atoms with Gasteiger partial charge in [-0.25, -0.2) is 0 Å². The quantitative estimate of drug-likeness (QED) is 0.702. The fraction of sp³-hybridized carbons (Fsp3) is 0.500. The van der Waals surface area contributed by atoms with Gasteiger partial charge in [-0.05, 0) is 91.7 Å². The Morgan fingerprint density at radius 3 is 2.21 bits per heavy atom. The number of nitrogens with zero attached hydrogens (tertiary/aromatic N) is 1. The molecule has 0 bridgehead atoms. The SMILES string of the molecule is Cc1cccc(C(=O)Nc2cc3c4c(c2)[C@@H]2CCC[C@H]2CN4C[C@H]2CCC[C@H]32)c1. The van der Waals surface area contributed by atoms with Gasteiger partial charge in [0.2, 0.25) is 0 Å². The molecule has 0 saturated heterocycles. The molecule has 1 amide bonds. The maximum absolute atomic E-state index is 12.9. The predicted octanol–water partition coefficient (Wildman–Crippen LogP) is 5.85. The zero-order valence-corrected chi connectivity index (χ0v) is 17.3. The first-order chi connectivity index (χ1) is 14.2. The number of hydrogen-bond donors (Lipinski definition) is 1. The minimum absolute atomic E-state index is 0.00951. The van der Waals surface area contributed by atoms with E-state index in [4.69, 9.17) is 0 Å². The Hall–Kier alpha value is -2.29. The van der Waals surface area contributed by atoms with Gasteiger partial charge in [0.15, 0.2) is 0 Å². The molecule has 4 atom stereocenters. The maximum atomic E-state index is 12.9. The largest absolute Gasteiger partial charge is 0.370 e. The minimum atomic E-state index is 0.00951. The molecular weight excluding hydrogens is 356 g/mol. The van der Waals surface area contributed by atoms with E-state index in [-0.39, 0.29) is 5.91 Å². The molecule has 0 unspecified atom stereocenters. The molecular formula is C26H30N2O. The van der Waals surface area contributed by atoms with Crippen molar-refractivity contribution >= 4 is 17.3 Å². The first-order valence-corrected chi connectivity index (χ1v) is 11.5. The van der Waals surface area contributed by atoms with Crippen LogP contribution in [0.2, 0.25) is 0 Å². The van der Waals surface area contributed by atoms with Gasteiger partial charge in [-0.15, -0.1) is 0 Å². The van der Waals surface area contributed by atoms with Gasteiger partial charge in [0.1, 0.15) is 0 Å². The van der Waals surface area contributed by atoms with Crippen molar-refractivity contribution in [2.75, 3.05) is 23.3 Å². The summed E-state index contributed by atoms with van der Waals surface area (Å²) in [5.41, 5.74) is 7.48. The van der Waals surface area contributed by atoms with Gasteiger partial charge in [-0.3, -0.25) is 4.79 Å². The van der Waals surface area contributed by atoms with Crippen LogP contribution >= 0.6 is 0 Å². The monoisotopic (exact) mass is 386 g/mol. The molecule has 0 radical (unpaired) electrons. The van der Waals surface area contributed by atoms with Gasteiger partial charge in [0, 0.05) is 30.0 Å². The molecule has 0 aromatic heterocycles. The van der Waals surface area contributed by atoms with E-state index in [2.05, 4.69) is 22.3 Å². The molecule has 4 aliphatic rings. The van der Waals surface area contributed by atoms with Gasteiger partial charge in [0.05, 0.1) is 0 Å². The molecule has 2 heterocycles. The van der Waals surface area contributed by atoms with Gasteiger partial charge in [0.25, 0.3) is 5.91 Å². The molecule has 2 aliphatic carbocycles. The van der Waals surface area contributed by atoms with E-state index < -0.39 is 0 Å². The summed E-state index contributed by atoms with van der Waals surface area (Å²) >= 11 is 0. The number of carbonyl (C=O) groups excluding carboxylic acids is 1. The zero-order chi connectivity index (χ0) is 19.5. The topological polar surface area (TPSA) is 32.3 Å². The smallest absolute Gasteiger partial charge is 0.255 e. The van der Waals surface area contributed by atoms with Gasteiger partial charge < -0.3 is 10.2 Å². The van der Waals surface area contributed by atoms with Crippen molar-refractivity contribution in [2.45, 2.75) is 57.3 Å². The van der Waals surface area contributed by atoms with Crippen molar-refractivity contribution in [3.63, 3.8) is 0 Å². The lowest BCUT2D eigenvalue weighted by Gasteiger charge is -2.46. The van der Waals surface area contributed by atoms with Crippen molar-refractivity contribution in [2.24, 2.45) is 11.8 Å². The summed E-state index contributed by atoms with van der Waals surface area (Å²) < 4.78 is 0. The molecule has 1 N–H and O–H groups in total. The van der Waals surface area contributed by atoms with Crippen LogP contribution in [0.25, 0.3) is 0 Å². The third-order valence-electron chi connectivity index (χ3n) is 8.05. The number of anilines is 2. The Bertz CT molecular complexity index is 935. The first kappa shape index (κ1) is 17.6. The fourth-order valence-electron chi connectivity index (χ4n) is 6.83. The summed E-state index contributed by atoms with van der Waals surface area (Å²) in [6.07, 6.45) is 8.06. The summed E-state index contributed by atoms with van der Waals surface area (Å²) in [6.45, 7) is 4.54. The molecule has 2 fully saturated rings. The summed E-state index contributed by atoms with van der Waals surface area (Å²) in [6, 6.07) is 12.5. The first-order valence-electron chi connectivity index (χ1n) is 11.5. The lowest BCUT2D eigenvalue weighted by atomic mass is 9.75. The average molecular weight is 387 g/mol. The second-order valence-corrected chi connectivity index (χ2v) is 9.83. The number of nitrogens with one attached hydrogen (secondary N) is 1. The number of rotatable bonds is 2. The van der Waals surface area contributed by atoms with E-state index >= 15 is 0 Å². The number of benzene rings is 2. The third kappa shape index (κ3) is 2.81. The standard InChI is InChI=1S/C26H30N2O/c1-16-5-2-6-17(11-16)26(29)27-20-12-23-21-9-3-7-18(21)14-28-15-19-8-4-10-22(19)24(13-20)25(23)28/h2,5-6,11-13,18-19,21-22H,3-4,7-10,14-15H2,1H3,(H,27,29)/t18-,19+,21+,22-. The summed E-state index contributed by atoms with van der Waals surface area (Å²) in [5, 5.41) is 3.25. The van der Waals surface area contributed by atoms with Crippen LogP contribution in [0.15, 0.2) is 36.4 Å². The van der Waals surface area contributed by atoms with Crippen LogP contribution in [0, 0.1) is 18.8 Å². The molecule has 6 rings (SSSR count). The summed E-state index contributed by atoms with van der Waals surface area (Å²) in [5.74, 6) is 2.99. The van der Waals surface area contributed by atoms with Crippen LogP contribution in [0.5, 0.6) is 0 Å². The van der Waals surface area contributed by atoms with Crippen LogP contribution in [0.3, 0.4) is 0 Å². The van der Waals surface area contributed by atoms with E-state index in [0.29, 0.717) is 11.8 Å². The van der Waals surface area contributed by atoms with E-state index in [1.807, 2.05) is 31.2 Å². The van der Waals surface area contributed by atoms with Crippen LogP contribution in [0.1, 0.15) is 77.4 Å². The second-order valence-electron chi connectivity index (χ2n) is 9.83. The van der Waals surface area contributed by atoms with Crippen molar-refractivity contribution in [1.29, 1.82) is 0 Å². The fourth-order valence-corrected chi connectivity index (χ4v) is 6.83. The third-order valence-corrected chi connectivity index (χ3v) is 8.05. The summed E-state index contributed by atoms with van der Waals surface area (Å²) in [7, 11) is 0. The summed E-state index contributed by atoms with van der Waals surface area (Å²) in [4.78, 5) is 15.7. The Kier molecular flexibility index (Phi) is 4.01. The highest BCUT2D eigenvalue weighted by molar-refractivity contribution is 6.04. The second kappa shape index (κ2) is 6.62. The molecule has 0 spiro atoms. The van der Waals surface area contributed by atoms with Crippen LogP contribution in [-0.4, -0.2) is 19.0 Å². The Balaban J connectivity index is 1.42. The maximum Gasteiger partial charge on any atom is 0.255 e. The number of fused-ring (bicyclic) bond motifs is 4. The predicted molar refractivity (Wildman–Crippen MR) is 118 cm³/mol. The lowest BCUT2D eigenvalue weighted by molar-refractivity contribution is 0.102. The molecule has 2 aromatic rings. The Morgan fingerprint density at radius 2 is 1.59 bits per heavy atom. The highest BCUT2D eigenvalue weighted by Crippen LogP contribution is 2.56. The van der Waals surface area contributed by atoms with Gasteiger partial charge in [-0.2, -0.15) is 0 Å². The number of carbonyl (C=O) groups is 1. The molecule has 3 nitrogen and oxygen atoms in total. The minimum Gasteiger partial charge on any atom is -0.370 e. The highest BCUT2D eigenvalue weighted by Gasteiger charge is 2.44. The Morgan fingerprint density at radius 1 is 0.931 bits per heavy atom. The van der Waals surface area contributed by atoms with Gasteiger partial charge in [-0.1, -0.05) is 30.5 Å². The van der Waals surface area contributed by atoms with Crippen molar-refractivity contribution in [3.8, 4) is 0 Å². The molecule has 2 saturated carbocycles.